The van der Waals surface area contributed by atoms with Crippen molar-refractivity contribution in [2.45, 2.75) is 31.5 Å². The Morgan fingerprint density at radius 3 is 2.30 bits per heavy atom. The predicted octanol–water partition coefficient (Wildman–Crippen LogP) is 2.84. The van der Waals surface area contributed by atoms with E-state index in [2.05, 4.69) is 37.3 Å². The minimum atomic E-state index is -0.972. The summed E-state index contributed by atoms with van der Waals surface area (Å²) in [6.45, 7) is 2.48. The van der Waals surface area contributed by atoms with Crippen molar-refractivity contribution in [1.82, 2.24) is 39.0 Å². The van der Waals surface area contributed by atoms with E-state index in [4.69, 9.17) is 11.6 Å². The number of piperidine rings is 1. The van der Waals surface area contributed by atoms with E-state index in [1.165, 1.54) is 22.7 Å². The number of benzene rings is 2. The minimum absolute atomic E-state index is 0.197. The Bertz CT molecular complexity index is 1570. The highest BCUT2D eigenvalue weighted by molar-refractivity contribution is 6.30. The molecule has 0 amide bonds. The van der Waals surface area contributed by atoms with Crippen LogP contribution in [-0.2, 0) is 13.1 Å². The van der Waals surface area contributed by atoms with Gasteiger partial charge in [-0.1, -0.05) is 23.7 Å². The quantitative estimate of drug-likeness (QED) is 0.370. The Hall–Kier alpha value is -3.86. The van der Waals surface area contributed by atoms with Crippen molar-refractivity contribution in [1.29, 1.82) is 0 Å². The number of hydrogen-bond acceptors (Lipinski definition) is 7. The molecule has 0 aliphatic carbocycles. The first kappa shape index (κ1) is 23.5. The van der Waals surface area contributed by atoms with Crippen molar-refractivity contribution >= 4 is 22.6 Å². The first-order valence-electron chi connectivity index (χ1n) is 12.1. The average molecular weight is 517 g/mol. The molecular weight excluding hydrogens is 492 g/mol. The topological polar surface area (TPSA) is 107 Å². The third-order valence-corrected chi connectivity index (χ3v) is 7.19. The molecule has 0 unspecified atom stereocenters. The van der Waals surface area contributed by atoms with E-state index in [9.17, 15) is 9.90 Å². The second-order valence-corrected chi connectivity index (χ2v) is 9.92. The molecule has 0 saturated carbocycles. The number of aliphatic hydroxyl groups is 1. The van der Waals surface area contributed by atoms with Gasteiger partial charge in [-0.25, -0.2) is 9.67 Å². The zero-order valence-electron chi connectivity index (χ0n) is 20.0. The lowest BCUT2D eigenvalue weighted by Crippen LogP contribution is -2.47. The molecule has 0 spiro atoms. The lowest BCUT2D eigenvalue weighted by atomic mass is 9.91. The minimum Gasteiger partial charge on any atom is -0.388 e. The molecule has 10 nitrogen and oxygen atoms in total. The Morgan fingerprint density at radius 2 is 1.59 bits per heavy atom. The van der Waals surface area contributed by atoms with Crippen LogP contribution in [0.5, 0.6) is 0 Å². The van der Waals surface area contributed by atoms with Crippen LogP contribution >= 0.6 is 11.6 Å². The van der Waals surface area contributed by atoms with E-state index in [0.717, 1.165) is 31.0 Å². The van der Waals surface area contributed by atoms with Gasteiger partial charge in [-0.15, -0.1) is 10.2 Å². The summed E-state index contributed by atoms with van der Waals surface area (Å²) in [5.41, 5.74) is 2.26. The van der Waals surface area contributed by atoms with Gasteiger partial charge >= 0.3 is 0 Å². The highest BCUT2D eigenvalue weighted by Gasteiger charge is 2.33. The molecule has 11 heteroatoms. The maximum atomic E-state index is 13.2. The summed E-state index contributed by atoms with van der Waals surface area (Å²) in [4.78, 5) is 20.0. The second kappa shape index (κ2) is 9.55. The van der Waals surface area contributed by atoms with E-state index in [1.807, 2.05) is 28.8 Å². The molecule has 5 aromatic rings. The fourth-order valence-corrected chi connectivity index (χ4v) is 4.93. The van der Waals surface area contributed by atoms with Crippen molar-refractivity contribution < 1.29 is 5.11 Å². The van der Waals surface area contributed by atoms with Gasteiger partial charge < -0.3 is 5.11 Å². The molecule has 1 saturated heterocycles. The van der Waals surface area contributed by atoms with Crippen molar-refractivity contribution in [3.05, 3.63) is 94.6 Å². The molecule has 4 heterocycles. The van der Waals surface area contributed by atoms with E-state index in [-0.39, 0.29) is 12.1 Å². The van der Waals surface area contributed by atoms with Gasteiger partial charge in [-0.05, 0) is 54.8 Å². The lowest BCUT2D eigenvalue weighted by Gasteiger charge is -2.38. The molecule has 0 atom stereocenters. The second-order valence-electron chi connectivity index (χ2n) is 9.48. The van der Waals surface area contributed by atoms with Gasteiger partial charge in [0.1, 0.15) is 24.4 Å². The molecule has 2 aromatic carbocycles. The Balaban J connectivity index is 1.11. The average Bonchev–Trinajstić information content (AvgIpc) is 3.59. The molecule has 0 bridgehead atoms. The van der Waals surface area contributed by atoms with E-state index < -0.39 is 5.60 Å². The van der Waals surface area contributed by atoms with Crippen molar-refractivity contribution in [2.75, 3.05) is 13.1 Å². The number of rotatable bonds is 6. The van der Waals surface area contributed by atoms with Gasteiger partial charge in [0.15, 0.2) is 5.65 Å². The van der Waals surface area contributed by atoms with Gasteiger partial charge in [-0.3, -0.25) is 18.8 Å². The van der Waals surface area contributed by atoms with Crippen molar-refractivity contribution in [3.63, 3.8) is 0 Å². The van der Waals surface area contributed by atoms with Crippen LogP contribution in [0.25, 0.3) is 22.4 Å². The van der Waals surface area contributed by atoms with E-state index in [0.29, 0.717) is 28.9 Å². The molecule has 3 aromatic heterocycles. The van der Waals surface area contributed by atoms with Crippen LogP contribution in [0.1, 0.15) is 18.4 Å². The number of nitrogens with zero attached hydrogens (tertiary/aromatic N) is 8. The summed E-state index contributed by atoms with van der Waals surface area (Å²) < 4.78 is 4.97. The predicted molar refractivity (Wildman–Crippen MR) is 139 cm³/mol. The maximum absolute atomic E-state index is 13.2. The summed E-state index contributed by atoms with van der Waals surface area (Å²) in [7, 11) is 0. The van der Waals surface area contributed by atoms with Crippen LogP contribution in [0, 0.1) is 0 Å². The van der Waals surface area contributed by atoms with Crippen LogP contribution in [-0.4, -0.2) is 62.8 Å². The van der Waals surface area contributed by atoms with Crippen molar-refractivity contribution in [2.24, 2.45) is 0 Å². The third-order valence-electron chi connectivity index (χ3n) is 6.94. The monoisotopic (exact) mass is 516 g/mol. The smallest absolute Gasteiger partial charge is 0.264 e. The number of aromatic nitrogens is 7. The summed E-state index contributed by atoms with van der Waals surface area (Å²) in [6.07, 6.45) is 7.51. The lowest BCUT2D eigenvalue weighted by molar-refractivity contribution is -0.0364. The third kappa shape index (κ3) is 4.78. The summed E-state index contributed by atoms with van der Waals surface area (Å²) in [5, 5.41) is 24.4. The van der Waals surface area contributed by atoms with Gasteiger partial charge in [0.05, 0.1) is 24.0 Å². The number of halogens is 1. The largest absolute Gasteiger partial charge is 0.388 e. The first-order valence-corrected chi connectivity index (χ1v) is 12.4. The van der Waals surface area contributed by atoms with Gasteiger partial charge in [0, 0.05) is 30.3 Å². The zero-order chi connectivity index (χ0) is 25.4. The fraction of sp³-hybridized carbons (Fsp3) is 0.269. The SMILES string of the molecule is O=c1c2cnn(-c3ccc(Cl)cc3)c2ncn1CC1(O)CCN(Cc2ccc(-n3cnnc3)cc2)CC1. The van der Waals surface area contributed by atoms with Gasteiger partial charge in [-0.2, -0.15) is 5.10 Å². The van der Waals surface area contributed by atoms with Crippen LogP contribution in [0.4, 0.5) is 0 Å². The molecule has 1 N–H and O–H groups in total. The first-order chi connectivity index (χ1) is 18.0. The molecular formula is C26H25ClN8O2. The number of hydrogen-bond donors (Lipinski definition) is 1. The molecule has 1 aliphatic heterocycles. The highest BCUT2D eigenvalue weighted by Crippen LogP contribution is 2.25. The molecule has 188 valence electrons. The Labute approximate surface area is 217 Å². The molecule has 0 radical (unpaired) electrons. The fourth-order valence-electron chi connectivity index (χ4n) is 4.80. The Kier molecular flexibility index (Phi) is 6.07. The summed E-state index contributed by atoms with van der Waals surface area (Å²) in [5.74, 6) is 0. The number of fused-ring (bicyclic) bond motifs is 1. The van der Waals surface area contributed by atoms with Crippen LogP contribution in [0.3, 0.4) is 0 Å². The van der Waals surface area contributed by atoms with Gasteiger partial charge in [0.2, 0.25) is 0 Å². The maximum Gasteiger partial charge on any atom is 0.264 e. The molecule has 6 rings (SSSR count). The number of likely N-dealkylation sites (tertiary alicyclic amines) is 1. The highest BCUT2D eigenvalue weighted by atomic mass is 35.5. The van der Waals surface area contributed by atoms with Gasteiger partial charge in [0.25, 0.3) is 5.56 Å². The molecule has 1 aliphatic rings. The van der Waals surface area contributed by atoms with Crippen LogP contribution < -0.4 is 5.56 Å². The summed E-state index contributed by atoms with van der Waals surface area (Å²) in [6, 6.07) is 15.5. The molecule has 1 fully saturated rings. The normalized spacial score (nSPS) is 15.8. The Morgan fingerprint density at radius 1 is 0.919 bits per heavy atom. The van der Waals surface area contributed by atoms with Crippen LogP contribution in [0.15, 0.2) is 78.5 Å². The standard InChI is InChI=1S/C26H25ClN8O2/c27-20-3-7-22(8-4-20)35-24-23(13-31-35)25(36)33(16-28-24)15-26(37)9-11-32(12-10-26)14-19-1-5-21(6-2-19)34-17-29-30-18-34/h1-8,13,16-18,37H,9-12,14-15H2. The van der Waals surface area contributed by atoms with E-state index >= 15 is 0 Å². The zero-order valence-corrected chi connectivity index (χ0v) is 20.7. The van der Waals surface area contributed by atoms with Crippen molar-refractivity contribution in [3.8, 4) is 11.4 Å². The summed E-state index contributed by atoms with van der Waals surface area (Å²) >= 11 is 5.99. The van der Waals surface area contributed by atoms with E-state index in [1.54, 1.807) is 29.5 Å². The molecule has 37 heavy (non-hydrogen) atoms. The van der Waals surface area contributed by atoms with Crippen LogP contribution in [0.2, 0.25) is 5.02 Å².